The van der Waals surface area contributed by atoms with E-state index in [1.165, 1.54) is 12.1 Å². The molecular formula is C20H15ClF4N6O2. The van der Waals surface area contributed by atoms with E-state index in [4.69, 9.17) is 11.6 Å². The Morgan fingerprint density at radius 1 is 1.15 bits per heavy atom. The molecule has 0 radical (unpaired) electrons. The highest BCUT2D eigenvalue weighted by molar-refractivity contribution is 6.33. The van der Waals surface area contributed by atoms with Gasteiger partial charge in [0, 0.05) is 18.8 Å². The minimum atomic E-state index is -4.97. The molecule has 1 saturated heterocycles. The Kier molecular flexibility index (Phi) is 5.93. The van der Waals surface area contributed by atoms with Crippen LogP contribution in [0.2, 0.25) is 5.02 Å². The van der Waals surface area contributed by atoms with Crippen molar-refractivity contribution in [2.24, 2.45) is 0 Å². The molecular weight excluding hydrogens is 468 g/mol. The Morgan fingerprint density at radius 2 is 1.88 bits per heavy atom. The van der Waals surface area contributed by atoms with Crippen molar-refractivity contribution in [1.29, 1.82) is 0 Å². The first kappa shape index (κ1) is 22.5. The van der Waals surface area contributed by atoms with E-state index in [0.29, 0.717) is 23.5 Å². The summed E-state index contributed by atoms with van der Waals surface area (Å²) in [5.41, 5.74) is -1.82. The molecule has 8 nitrogen and oxygen atoms in total. The van der Waals surface area contributed by atoms with Crippen molar-refractivity contribution >= 4 is 34.8 Å². The highest BCUT2D eigenvalue weighted by Gasteiger charge is 2.42. The summed E-state index contributed by atoms with van der Waals surface area (Å²) in [5, 5.41) is 12.1. The number of hydrogen-bond donors (Lipinski definition) is 2. The number of amides is 2. The maximum absolute atomic E-state index is 13.7. The van der Waals surface area contributed by atoms with Crippen LogP contribution < -0.4 is 15.5 Å². The third-order valence-electron chi connectivity index (χ3n) is 4.81. The first-order chi connectivity index (χ1) is 15.6. The summed E-state index contributed by atoms with van der Waals surface area (Å²) >= 11 is 6.27. The molecule has 33 heavy (non-hydrogen) atoms. The quantitative estimate of drug-likeness (QED) is 0.557. The van der Waals surface area contributed by atoms with Gasteiger partial charge in [-0.3, -0.25) is 9.59 Å². The van der Waals surface area contributed by atoms with Crippen molar-refractivity contribution < 1.29 is 27.2 Å². The number of halogens is 5. The second-order valence-electron chi connectivity index (χ2n) is 7.06. The zero-order chi connectivity index (χ0) is 23.8. The minimum Gasteiger partial charge on any atom is -0.359 e. The van der Waals surface area contributed by atoms with Crippen molar-refractivity contribution in [2.45, 2.75) is 6.18 Å². The maximum atomic E-state index is 13.7. The van der Waals surface area contributed by atoms with Gasteiger partial charge >= 0.3 is 6.18 Å². The Labute approximate surface area is 189 Å². The highest BCUT2D eigenvalue weighted by atomic mass is 35.5. The molecule has 0 unspecified atom stereocenters. The van der Waals surface area contributed by atoms with Crippen molar-refractivity contribution in [1.82, 2.24) is 20.3 Å². The number of carbonyl (C=O) groups excluding carboxylic acids is 2. The molecule has 1 aliphatic rings. The summed E-state index contributed by atoms with van der Waals surface area (Å²) < 4.78 is 54.8. The summed E-state index contributed by atoms with van der Waals surface area (Å²) in [7, 11) is 0. The Hall–Kier alpha value is -3.67. The summed E-state index contributed by atoms with van der Waals surface area (Å²) in [6.45, 7) is 1.07. The molecule has 2 heterocycles. The van der Waals surface area contributed by atoms with Crippen LogP contribution in [0, 0.1) is 5.82 Å². The molecule has 0 aliphatic carbocycles. The average Bonchev–Trinajstić information content (AvgIpc) is 3.20. The van der Waals surface area contributed by atoms with Gasteiger partial charge in [0.2, 0.25) is 5.91 Å². The van der Waals surface area contributed by atoms with E-state index in [0.717, 1.165) is 24.3 Å². The van der Waals surface area contributed by atoms with Gasteiger partial charge in [0.1, 0.15) is 5.82 Å². The predicted octanol–water partition coefficient (Wildman–Crippen LogP) is 3.27. The van der Waals surface area contributed by atoms with Crippen molar-refractivity contribution in [3.63, 3.8) is 0 Å². The topological polar surface area (TPSA) is 92.2 Å². The van der Waals surface area contributed by atoms with Crippen LogP contribution >= 0.6 is 11.6 Å². The zero-order valence-electron chi connectivity index (χ0n) is 16.7. The Balaban J connectivity index is 1.60. The van der Waals surface area contributed by atoms with E-state index in [2.05, 4.69) is 20.9 Å². The van der Waals surface area contributed by atoms with Crippen LogP contribution in [-0.2, 0) is 11.0 Å². The molecule has 13 heteroatoms. The number of piperazine rings is 1. The van der Waals surface area contributed by atoms with Gasteiger partial charge in [-0.1, -0.05) is 16.8 Å². The van der Waals surface area contributed by atoms with Crippen molar-refractivity contribution in [3.05, 3.63) is 64.7 Å². The number of anilines is 2. The van der Waals surface area contributed by atoms with Gasteiger partial charge in [0.25, 0.3) is 5.91 Å². The number of aromatic nitrogens is 3. The number of alkyl halides is 3. The normalized spacial score (nSPS) is 14.2. The standard InChI is InChI=1S/C20H15ClF4N6O2/c21-14-9-12(3-6-15(14)30-8-7-26-16(32)10-30)27-19(33)17-18(20(23,24)25)31(29-28-17)13-4-1-11(22)2-5-13/h1-6,9H,7-8,10H2,(H,26,32)(H,27,33). The van der Waals surface area contributed by atoms with E-state index in [1.54, 1.807) is 11.0 Å². The molecule has 2 amide bonds. The van der Waals surface area contributed by atoms with Gasteiger partial charge in [-0.15, -0.1) is 5.10 Å². The first-order valence-corrected chi connectivity index (χ1v) is 9.92. The lowest BCUT2D eigenvalue weighted by molar-refractivity contribution is -0.143. The minimum absolute atomic E-state index is 0.104. The average molecular weight is 483 g/mol. The molecule has 1 aliphatic heterocycles. The SMILES string of the molecule is O=C1CN(c2ccc(NC(=O)c3nnn(-c4ccc(F)cc4)c3C(F)(F)F)cc2Cl)CCN1. The van der Waals surface area contributed by atoms with Crippen LogP contribution in [0.15, 0.2) is 42.5 Å². The summed E-state index contributed by atoms with van der Waals surface area (Å²) in [4.78, 5) is 26.0. The molecule has 172 valence electrons. The maximum Gasteiger partial charge on any atom is 0.435 e. The molecule has 2 N–H and O–H groups in total. The number of benzene rings is 2. The molecule has 0 bridgehead atoms. The number of nitrogens with one attached hydrogen (secondary N) is 2. The fraction of sp³-hybridized carbons (Fsp3) is 0.200. The van der Waals surface area contributed by atoms with Crippen LogP contribution in [0.3, 0.4) is 0 Å². The molecule has 4 rings (SSSR count). The molecule has 0 atom stereocenters. The first-order valence-electron chi connectivity index (χ1n) is 9.55. The number of hydrogen-bond acceptors (Lipinski definition) is 5. The monoisotopic (exact) mass is 482 g/mol. The molecule has 0 saturated carbocycles. The fourth-order valence-electron chi connectivity index (χ4n) is 3.33. The van der Waals surface area contributed by atoms with E-state index in [9.17, 15) is 27.2 Å². The highest BCUT2D eigenvalue weighted by Crippen LogP contribution is 2.34. The van der Waals surface area contributed by atoms with E-state index in [1.807, 2.05) is 0 Å². The number of nitrogens with zero attached hydrogens (tertiary/aromatic N) is 4. The van der Waals surface area contributed by atoms with Gasteiger partial charge in [-0.25, -0.2) is 9.07 Å². The largest absolute Gasteiger partial charge is 0.435 e. The van der Waals surface area contributed by atoms with Crippen LogP contribution in [-0.4, -0.2) is 46.4 Å². The van der Waals surface area contributed by atoms with Crippen LogP contribution in [0.1, 0.15) is 16.2 Å². The second-order valence-corrected chi connectivity index (χ2v) is 7.47. The third kappa shape index (κ3) is 4.75. The Morgan fingerprint density at radius 3 is 2.52 bits per heavy atom. The Bertz CT molecular complexity index is 1210. The molecule has 3 aromatic rings. The van der Waals surface area contributed by atoms with Crippen LogP contribution in [0.4, 0.5) is 28.9 Å². The smallest absolute Gasteiger partial charge is 0.359 e. The zero-order valence-corrected chi connectivity index (χ0v) is 17.4. The molecule has 0 spiro atoms. The fourth-order valence-corrected chi connectivity index (χ4v) is 3.63. The lowest BCUT2D eigenvalue weighted by Gasteiger charge is -2.29. The van der Waals surface area contributed by atoms with Gasteiger partial charge < -0.3 is 15.5 Å². The summed E-state index contributed by atoms with van der Waals surface area (Å²) in [6, 6.07) is 8.46. The number of rotatable bonds is 4. The number of carbonyl (C=O) groups is 2. The van der Waals surface area contributed by atoms with E-state index in [-0.39, 0.29) is 28.8 Å². The van der Waals surface area contributed by atoms with Crippen molar-refractivity contribution in [3.8, 4) is 5.69 Å². The van der Waals surface area contributed by atoms with E-state index >= 15 is 0 Å². The summed E-state index contributed by atoms with van der Waals surface area (Å²) in [6.07, 6.45) is -4.97. The third-order valence-corrected chi connectivity index (χ3v) is 5.11. The van der Waals surface area contributed by atoms with E-state index < -0.39 is 29.3 Å². The van der Waals surface area contributed by atoms with Crippen molar-refractivity contribution in [2.75, 3.05) is 29.9 Å². The van der Waals surface area contributed by atoms with Crippen LogP contribution in [0.25, 0.3) is 5.69 Å². The van der Waals surface area contributed by atoms with Gasteiger partial charge in [0.05, 0.1) is 22.9 Å². The van der Waals surface area contributed by atoms with Gasteiger partial charge in [-0.05, 0) is 42.5 Å². The molecule has 2 aromatic carbocycles. The van der Waals surface area contributed by atoms with Gasteiger partial charge in [0.15, 0.2) is 11.4 Å². The van der Waals surface area contributed by atoms with Gasteiger partial charge in [-0.2, -0.15) is 13.2 Å². The van der Waals surface area contributed by atoms with Crippen LogP contribution in [0.5, 0.6) is 0 Å². The molecule has 1 aromatic heterocycles. The lowest BCUT2D eigenvalue weighted by atomic mass is 10.2. The lowest BCUT2D eigenvalue weighted by Crippen LogP contribution is -2.47. The predicted molar refractivity (Wildman–Crippen MR) is 111 cm³/mol. The molecule has 1 fully saturated rings. The second kappa shape index (κ2) is 8.70. The summed E-state index contributed by atoms with van der Waals surface area (Å²) in [5.74, 6) is -1.97.